The van der Waals surface area contributed by atoms with Gasteiger partial charge in [0.2, 0.25) is 0 Å². The Bertz CT molecular complexity index is 1760. The Balaban J connectivity index is 1.75. The van der Waals surface area contributed by atoms with Gasteiger partial charge in [0.25, 0.3) is 11.5 Å². The largest absolute Gasteiger partial charge is 0.330 e. The number of thiophene rings is 2. The lowest BCUT2D eigenvalue weighted by atomic mass is 9.98. The highest BCUT2D eigenvalue weighted by atomic mass is 35.5. The van der Waals surface area contributed by atoms with Gasteiger partial charge in [-0.05, 0) is 61.7 Å². The van der Waals surface area contributed by atoms with Crippen molar-refractivity contribution in [1.29, 1.82) is 0 Å². The highest BCUT2D eigenvalue weighted by Crippen LogP contribution is 2.35. The van der Waals surface area contributed by atoms with Gasteiger partial charge >= 0.3 is 0 Å². The number of nitrogens with two attached hydrogens (primary N) is 1. The Labute approximate surface area is 244 Å². The van der Waals surface area contributed by atoms with Gasteiger partial charge in [0.15, 0.2) is 0 Å². The minimum atomic E-state index is -0.574. The Morgan fingerprint density at radius 3 is 2.60 bits per heavy atom. The topological polar surface area (TPSA) is 81.2 Å². The molecule has 0 bridgehead atoms. The molecule has 0 aliphatic carbocycles. The number of aryl methyl sites for hydroxylation is 1. The van der Waals surface area contributed by atoms with E-state index in [9.17, 15) is 14.0 Å². The van der Waals surface area contributed by atoms with Crippen LogP contribution in [0.4, 0.5) is 4.39 Å². The van der Waals surface area contributed by atoms with Gasteiger partial charge in [-0.25, -0.2) is 9.37 Å². The van der Waals surface area contributed by atoms with Crippen LogP contribution in [-0.2, 0) is 6.54 Å². The summed E-state index contributed by atoms with van der Waals surface area (Å²) < 4.78 is 18.4. The summed E-state index contributed by atoms with van der Waals surface area (Å²) in [7, 11) is 0. The van der Waals surface area contributed by atoms with Gasteiger partial charge < -0.3 is 10.6 Å². The second-order valence-electron chi connectivity index (χ2n) is 10.1. The molecule has 3 heterocycles. The van der Waals surface area contributed by atoms with E-state index in [0.29, 0.717) is 45.5 Å². The summed E-state index contributed by atoms with van der Waals surface area (Å²) in [6.45, 7) is 6.63. The summed E-state index contributed by atoms with van der Waals surface area (Å²) in [4.78, 5) is 35.9. The number of hydrogen-bond acceptors (Lipinski definition) is 6. The third-order valence-electron chi connectivity index (χ3n) is 6.97. The molecule has 10 heteroatoms. The number of amides is 1. The number of aromatic nitrogens is 2. The molecule has 0 aliphatic heterocycles. The van der Waals surface area contributed by atoms with Crippen molar-refractivity contribution >= 4 is 60.5 Å². The number of halogens is 2. The van der Waals surface area contributed by atoms with Crippen LogP contribution >= 0.6 is 34.3 Å². The maximum atomic E-state index is 14.5. The van der Waals surface area contributed by atoms with E-state index in [1.54, 1.807) is 34.6 Å². The predicted octanol–water partition coefficient (Wildman–Crippen LogP) is 7.01. The summed E-state index contributed by atoms with van der Waals surface area (Å²) in [6, 6.07) is 15.5. The molecule has 1 atom stereocenters. The molecule has 0 fully saturated rings. The van der Waals surface area contributed by atoms with Crippen molar-refractivity contribution in [1.82, 2.24) is 14.5 Å². The molecule has 40 heavy (non-hydrogen) atoms. The fraction of sp³-hybridized carbons (Fsp3) is 0.300. The molecule has 0 spiro atoms. The van der Waals surface area contributed by atoms with Crippen LogP contribution in [0.25, 0.3) is 20.3 Å². The van der Waals surface area contributed by atoms with Crippen LogP contribution in [0.5, 0.6) is 0 Å². The predicted molar refractivity (Wildman–Crippen MR) is 163 cm³/mol. The van der Waals surface area contributed by atoms with Crippen molar-refractivity contribution in [2.45, 2.75) is 39.8 Å². The molecule has 208 valence electrons. The average molecular weight is 597 g/mol. The summed E-state index contributed by atoms with van der Waals surface area (Å²) in [5.41, 5.74) is 7.04. The third-order valence-corrected chi connectivity index (χ3v) is 9.33. The Morgan fingerprint density at radius 1 is 1.15 bits per heavy atom. The fourth-order valence-corrected chi connectivity index (χ4v) is 7.15. The standard InChI is InChI=1S/C30H30ClFN4O2S2/c1-17(2)26(35(14-6-13-33)29(37)19-10-9-18(3)22(32)15-19)28-34-25-21-7-4-5-8-23(21)40-27(25)30(38)36(28)16-20-11-12-24(31)39-20/h4-5,7-12,15,17,26H,6,13-14,16,33H2,1-3H3. The lowest BCUT2D eigenvalue weighted by Crippen LogP contribution is -2.42. The molecule has 0 saturated heterocycles. The van der Waals surface area contributed by atoms with Gasteiger partial charge in [0.1, 0.15) is 16.3 Å². The number of benzene rings is 2. The molecule has 0 radical (unpaired) electrons. The van der Waals surface area contributed by atoms with E-state index >= 15 is 0 Å². The first-order chi connectivity index (χ1) is 19.2. The molecule has 1 unspecified atom stereocenters. The number of hydrogen-bond donors (Lipinski definition) is 1. The van der Waals surface area contributed by atoms with E-state index in [4.69, 9.17) is 22.3 Å². The maximum Gasteiger partial charge on any atom is 0.271 e. The zero-order valence-corrected chi connectivity index (χ0v) is 24.9. The molecule has 5 aromatic rings. The normalized spacial score (nSPS) is 12.5. The van der Waals surface area contributed by atoms with E-state index in [1.165, 1.54) is 28.7 Å². The number of carbonyl (C=O) groups excluding carboxylic acids is 1. The van der Waals surface area contributed by atoms with Crippen molar-refractivity contribution in [3.8, 4) is 0 Å². The van der Waals surface area contributed by atoms with E-state index in [1.807, 2.05) is 44.2 Å². The lowest BCUT2D eigenvalue weighted by molar-refractivity contribution is 0.0602. The summed E-state index contributed by atoms with van der Waals surface area (Å²) in [6.07, 6.45) is 0.539. The molecule has 3 aromatic heterocycles. The average Bonchev–Trinajstić information content (AvgIpc) is 3.52. The van der Waals surface area contributed by atoms with Crippen molar-refractivity contribution in [3.05, 3.63) is 96.9 Å². The number of rotatable bonds is 9. The highest BCUT2D eigenvalue weighted by Gasteiger charge is 2.33. The monoisotopic (exact) mass is 596 g/mol. The molecule has 0 saturated carbocycles. The van der Waals surface area contributed by atoms with Crippen LogP contribution in [0, 0.1) is 18.7 Å². The summed E-state index contributed by atoms with van der Waals surface area (Å²) >= 11 is 9.05. The molecule has 2 N–H and O–H groups in total. The molecule has 1 amide bonds. The molecule has 0 aliphatic rings. The van der Waals surface area contributed by atoms with Crippen molar-refractivity contribution in [2.75, 3.05) is 13.1 Å². The molecule has 2 aromatic carbocycles. The van der Waals surface area contributed by atoms with Crippen LogP contribution in [0.3, 0.4) is 0 Å². The Hall–Kier alpha value is -3.11. The highest BCUT2D eigenvalue weighted by molar-refractivity contribution is 7.25. The first kappa shape index (κ1) is 28.4. The van der Waals surface area contributed by atoms with Crippen LogP contribution in [0.15, 0.2) is 59.4 Å². The van der Waals surface area contributed by atoms with Gasteiger partial charge in [0.05, 0.1) is 22.4 Å². The van der Waals surface area contributed by atoms with E-state index in [2.05, 4.69) is 0 Å². The van der Waals surface area contributed by atoms with E-state index < -0.39 is 11.9 Å². The number of carbonyl (C=O) groups is 1. The smallest absolute Gasteiger partial charge is 0.271 e. The van der Waals surface area contributed by atoms with Crippen LogP contribution in [0.1, 0.15) is 52.9 Å². The van der Waals surface area contributed by atoms with E-state index in [-0.39, 0.29) is 29.5 Å². The van der Waals surface area contributed by atoms with Crippen LogP contribution in [0.2, 0.25) is 4.34 Å². The summed E-state index contributed by atoms with van der Waals surface area (Å²) in [5.74, 6) is -0.411. The van der Waals surface area contributed by atoms with Gasteiger partial charge in [-0.3, -0.25) is 14.2 Å². The van der Waals surface area contributed by atoms with Crippen molar-refractivity contribution < 1.29 is 9.18 Å². The summed E-state index contributed by atoms with van der Waals surface area (Å²) in [5, 5.41) is 0.898. The lowest BCUT2D eigenvalue weighted by Gasteiger charge is -2.35. The van der Waals surface area contributed by atoms with Gasteiger partial charge in [-0.15, -0.1) is 22.7 Å². The molecule has 6 nitrogen and oxygen atoms in total. The quantitative estimate of drug-likeness (QED) is 0.198. The third kappa shape index (κ3) is 5.43. The van der Waals surface area contributed by atoms with E-state index in [0.717, 1.165) is 15.0 Å². The zero-order valence-electron chi connectivity index (χ0n) is 22.5. The second-order valence-corrected chi connectivity index (χ2v) is 13.0. The second kappa shape index (κ2) is 11.8. The van der Waals surface area contributed by atoms with Crippen molar-refractivity contribution in [3.63, 3.8) is 0 Å². The SMILES string of the molecule is Cc1ccc(C(=O)N(CCCN)C(c2nc3c(sc4ccccc43)c(=O)n2Cc2ccc(Cl)s2)C(C)C)cc1F. The number of nitrogens with zero attached hydrogens (tertiary/aromatic N) is 3. The molecule has 5 rings (SSSR count). The first-order valence-electron chi connectivity index (χ1n) is 13.1. The molecular formula is C30H30ClFN4O2S2. The molecular weight excluding hydrogens is 567 g/mol. The fourth-order valence-electron chi connectivity index (χ4n) is 4.98. The first-order valence-corrected chi connectivity index (χ1v) is 15.1. The van der Waals surface area contributed by atoms with Crippen LogP contribution in [-0.4, -0.2) is 33.4 Å². The van der Waals surface area contributed by atoms with Gasteiger partial charge in [-0.2, -0.15) is 0 Å². The Kier molecular flexibility index (Phi) is 8.37. The zero-order chi connectivity index (χ0) is 28.6. The maximum absolute atomic E-state index is 14.5. The minimum absolute atomic E-state index is 0.121. The number of fused-ring (bicyclic) bond motifs is 3. The van der Waals surface area contributed by atoms with Gasteiger partial charge in [-0.1, -0.05) is 49.7 Å². The Morgan fingerprint density at radius 2 is 1.93 bits per heavy atom. The van der Waals surface area contributed by atoms with Crippen molar-refractivity contribution in [2.24, 2.45) is 11.7 Å². The minimum Gasteiger partial charge on any atom is -0.330 e. The van der Waals surface area contributed by atoms with Gasteiger partial charge in [0, 0.05) is 27.1 Å². The van der Waals surface area contributed by atoms with Crippen LogP contribution < -0.4 is 11.3 Å².